The maximum atomic E-state index is 9.32. The molecular weight excluding hydrogens is 587 g/mol. The molecule has 0 aliphatic carbocycles. The number of hydrogen-bond donors (Lipinski definition) is 0. The van der Waals surface area contributed by atoms with E-state index < -0.39 is 0 Å². The zero-order chi connectivity index (χ0) is 31.2. The van der Waals surface area contributed by atoms with Crippen molar-refractivity contribution in [2.45, 2.75) is 4.90 Å². The third-order valence-corrected chi connectivity index (χ3v) is 10.9. The van der Waals surface area contributed by atoms with Crippen LogP contribution in [0.2, 0.25) is 0 Å². The van der Waals surface area contributed by atoms with Gasteiger partial charge in [0.1, 0.15) is 0 Å². The fourth-order valence-corrected chi connectivity index (χ4v) is 9.13. The Hall–Kier alpha value is -5.23. The highest BCUT2D eigenvalue weighted by Crippen LogP contribution is 2.59. The van der Waals surface area contributed by atoms with Crippen LogP contribution in [0.15, 0.2) is 144 Å². The number of fused-ring (bicyclic) bond motifs is 13. The topological polar surface area (TPSA) is 29.0 Å². The van der Waals surface area contributed by atoms with Gasteiger partial charge in [0.2, 0.25) is 5.95 Å². The summed E-state index contributed by atoms with van der Waals surface area (Å²) in [5.74, 6) is 0.572. The number of aromatic nitrogens is 2. The second kappa shape index (κ2) is 9.63. The van der Waals surface area contributed by atoms with Crippen LogP contribution in [0.5, 0.6) is 0 Å². The normalized spacial score (nSPS) is 13.4. The van der Waals surface area contributed by atoms with E-state index in [4.69, 9.17) is 11.3 Å². The van der Waals surface area contributed by atoms with Gasteiger partial charge in [-0.1, -0.05) is 121 Å². The summed E-state index contributed by atoms with van der Waals surface area (Å²) in [4.78, 5) is 11.4. The molecule has 3 heterocycles. The molecule has 5 heteroatoms. The van der Waals surface area contributed by atoms with Gasteiger partial charge in [0.15, 0.2) is 0 Å². The third-order valence-electron chi connectivity index (χ3n) is 8.70. The van der Waals surface area contributed by atoms with Crippen molar-refractivity contribution in [3.8, 4) is 22.4 Å². The minimum absolute atomic E-state index is 0.387. The number of anilines is 2. The smallest absolute Gasteiger partial charge is 0.241 e. The predicted octanol–water partition coefficient (Wildman–Crippen LogP) is 11.8. The molecule has 0 fully saturated rings. The monoisotopic (exact) mass is 611 g/mol. The number of para-hydroxylation sites is 1. The van der Waals surface area contributed by atoms with E-state index in [-0.39, 0.29) is 0 Å². The van der Waals surface area contributed by atoms with E-state index in [1.54, 1.807) is 17.4 Å². The molecule has 1 aliphatic rings. The van der Waals surface area contributed by atoms with Gasteiger partial charge in [-0.05, 0) is 51.7 Å². The zero-order valence-corrected chi connectivity index (χ0v) is 25.4. The molecule has 2 aromatic heterocycles. The van der Waals surface area contributed by atoms with Gasteiger partial charge in [-0.3, -0.25) is 0 Å². The van der Waals surface area contributed by atoms with E-state index in [2.05, 4.69) is 77.1 Å². The van der Waals surface area contributed by atoms with Gasteiger partial charge in [-0.2, -0.15) is 0 Å². The van der Waals surface area contributed by atoms with Gasteiger partial charge < -0.3 is 0 Å². The predicted molar refractivity (Wildman–Crippen MR) is 193 cm³/mol. The van der Waals surface area contributed by atoms with E-state index in [1.807, 2.05) is 48.5 Å². The summed E-state index contributed by atoms with van der Waals surface area (Å²) in [5.41, 5.74) is 5.83. The summed E-state index contributed by atoms with van der Waals surface area (Å²) in [7, 11) is 0. The molecule has 0 atom stereocenters. The van der Waals surface area contributed by atoms with Crippen LogP contribution in [0.1, 0.15) is 2.74 Å². The Bertz CT molecular complexity index is 2760. The standard InChI is InChI=1S/C40H23N3S2/c1-2-13-25(14-3-1)37-29-18-8-10-20-31(29)41-40(42-37)43-38-36(35-26-15-5-4-12-24(26)22-23-33(35)45-43)28-17-7-6-16-27(28)34-30-19-9-11-21-32(30)44-39(34)38/h1-23H/i12D,23D. The molecule has 1 aliphatic heterocycles. The summed E-state index contributed by atoms with van der Waals surface area (Å²) in [6.07, 6.45) is 0. The summed E-state index contributed by atoms with van der Waals surface area (Å²) in [5, 5.41) is 7.47. The van der Waals surface area contributed by atoms with Gasteiger partial charge in [0.25, 0.3) is 0 Å². The summed E-state index contributed by atoms with van der Waals surface area (Å²) in [6, 6.07) is 44.2. The largest absolute Gasteiger partial charge is 0.246 e. The maximum absolute atomic E-state index is 9.32. The molecule has 0 saturated heterocycles. The Morgan fingerprint density at radius 3 is 2.18 bits per heavy atom. The van der Waals surface area contributed by atoms with Crippen LogP contribution in [0, 0.1) is 0 Å². The van der Waals surface area contributed by atoms with E-state index in [9.17, 15) is 1.37 Å². The highest BCUT2D eigenvalue weighted by atomic mass is 32.2. The highest BCUT2D eigenvalue weighted by Gasteiger charge is 2.33. The Labute approximate surface area is 270 Å². The Morgan fingerprint density at radius 1 is 0.578 bits per heavy atom. The van der Waals surface area contributed by atoms with Crippen LogP contribution in [0.4, 0.5) is 11.6 Å². The summed E-state index contributed by atoms with van der Waals surface area (Å²) >= 11 is 3.30. The van der Waals surface area contributed by atoms with Crippen LogP contribution in [0.3, 0.4) is 0 Å². The molecular formula is C40H23N3S2. The first-order valence-corrected chi connectivity index (χ1v) is 16.4. The fraction of sp³-hybridized carbons (Fsp3) is 0. The number of rotatable bonds is 2. The first-order chi connectivity index (χ1) is 23.2. The molecule has 0 N–H and O–H groups in total. The van der Waals surface area contributed by atoms with E-state index in [0.717, 1.165) is 64.7 Å². The molecule has 0 spiro atoms. The number of nitrogens with zero attached hydrogens (tertiary/aromatic N) is 3. The lowest BCUT2D eigenvalue weighted by molar-refractivity contribution is 1.17. The fourth-order valence-electron chi connectivity index (χ4n) is 6.78. The van der Waals surface area contributed by atoms with Crippen molar-refractivity contribution < 1.29 is 2.74 Å². The molecule has 210 valence electrons. The van der Waals surface area contributed by atoms with Crippen LogP contribution < -0.4 is 4.31 Å². The third kappa shape index (κ3) is 3.65. The van der Waals surface area contributed by atoms with E-state index in [1.165, 1.54) is 32.8 Å². The lowest BCUT2D eigenvalue weighted by Gasteiger charge is -2.32. The van der Waals surface area contributed by atoms with Crippen LogP contribution in [0.25, 0.3) is 75.0 Å². The molecule has 7 aromatic carbocycles. The minimum Gasteiger partial charge on any atom is -0.246 e. The number of benzene rings is 7. The van der Waals surface area contributed by atoms with Gasteiger partial charge in [0.05, 0.1) is 24.3 Å². The molecule has 10 rings (SSSR count). The average Bonchev–Trinajstić information content (AvgIpc) is 3.51. The second-order valence-electron chi connectivity index (χ2n) is 11.2. The molecule has 9 aromatic rings. The zero-order valence-electron chi connectivity index (χ0n) is 25.8. The highest BCUT2D eigenvalue weighted by molar-refractivity contribution is 8.01. The molecule has 0 amide bonds. The lowest BCUT2D eigenvalue weighted by Crippen LogP contribution is -2.16. The van der Waals surface area contributed by atoms with Crippen molar-refractivity contribution in [3.05, 3.63) is 139 Å². The van der Waals surface area contributed by atoms with Gasteiger partial charge >= 0.3 is 0 Å². The van der Waals surface area contributed by atoms with Crippen LogP contribution in [-0.4, -0.2) is 9.97 Å². The SMILES string of the molecule is [2H]c1cc2c([2H])cccc2c2c1SN(c1nc(-c3ccccc3)c3ccccc3n1)c1c-2c2ccccc2c2c1sc1ccccc12. The molecule has 0 bridgehead atoms. The summed E-state index contributed by atoms with van der Waals surface area (Å²) in [6.45, 7) is 0. The number of thiophene rings is 1. The Morgan fingerprint density at radius 2 is 1.29 bits per heavy atom. The van der Waals surface area contributed by atoms with Crippen molar-refractivity contribution in [3.63, 3.8) is 0 Å². The Kier molecular flexibility index (Phi) is 4.96. The second-order valence-corrected chi connectivity index (χ2v) is 13.2. The molecule has 45 heavy (non-hydrogen) atoms. The maximum Gasteiger partial charge on any atom is 0.241 e. The molecule has 0 radical (unpaired) electrons. The van der Waals surface area contributed by atoms with Crippen molar-refractivity contribution in [2.75, 3.05) is 4.31 Å². The van der Waals surface area contributed by atoms with Gasteiger partial charge in [-0.25, -0.2) is 14.3 Å². The minimum atomic E-state index is 0.387. The first-order valence-electron chi connectivity index (χ1n) is 15.9. The molecule has 0 saturated carbocycles. The van der Waals surface area contributed by atoms with E-state index in [0.29, 0.717) is 18.0 Å². The van der Waals surface area contributed by atoms with Gasteiger partial charge in [0, 0.05) is 42.4 Å². The van der Waals surface area contributed by atoms with Crippen molar-refractivity contribution >= 4 is 87.5 Å². The van der Waals surface area contributed by atoms with E-state index >= 15 is 0 Å². The van der Waals surface area contributed by atoms with Crippen LogP contribution in [-0.2, 0) is 0 Å². The number of hydrogen-bond acceptors (Lipinski definition) is 5. The van der Waals surface area contributed by atoms with Crippen molar-refractivity contribution in [1.82, 2.24) is 9.97 Å². The molecule has 0 unspecified atom stereocenters. The average molecular weight is 612 g/mol. The van der Waals surface area contributed by atoms with Crippen molar-refractivity contribution in [1.29, 1.82) is 0 Å². The Balaban J connectivity index is 1.40. The van der Waals surface area contributed by atoms with Crippen molar-refractivity contribution in [2.24, 2.45) is 0 Å². The van der Waals surface area contributed by atoms with Crippen LogP contribution >= 0.6 is 23.3 Å². The lowest BCUT2D eigenvalue weighted by atomic mass is 9.90. The van der Waals surface area contributed by atoms with Gasteiger partial charge in [-0.15, -0.1) is 11.3 Å². The quantitative estimate of drug-likeness (QED) is 0.182. The molecule has 3 nitrogen and oxygen atoms in total. The summed E-state index contributed by atoms with van der Waals surface area (Å²) < 4.78 is 22.6. The first kappa shape index (κ1) is 23.2.